The molecule has 0 aliphatic heterocycles. The number of hydrogen-bond donors (Lipinski definition) is 1. The van der Waals surface area contributed by atoms with Crippen LogP contribution in [0.4, 0.5) is 5.82 Å². The van der Waals surface area contributed by atoms with Crippen molar-refractivity contribution in [3.8, 4) is 0 Å². The van der Waals surface area contributed by atoms with Gasteiger partial charge in [-0.3, -0.25) is 0 Å². The SMILES string of the molecule is CC(C)N(Cc1cccs1)c1ccc(Cl)c(CN)n1. The predicted octanol–water partition coefficient (Wildman–Crippen LogP) is 3.67. The van der Waals surface area contributed by atoms with Crippen molar-refractivity contribution in [2.75, 3.05) is 4.90 Å². The van der Waals surface area contributed by atoms with E-state index < -0.39 is 0 Å². The van der Waals surface area contributed by atoms with Gasteiger partial charge in [-0.05, 0) is 37.4 Å². The van der Waals surface area contributed by atoms with Crippen molar-refractivity contribution in [3.05, 3.63) is 45.2 Å². The Kier molecular flexibility index (Phi) is 4.80. The number of hydrogen-bond acceptors (Lipinski definition) is 4. The molecule has 0 radical (unpaired) electrons. The van der Waals surface area contributed by atoms with Crippen molar-refractivity contribution in [2.45, 2.75) is 33.0 Å². The number of halogens is 1. The predicted molar refractivity (Wildman–Crippen MR) is 82.8 cm³/mol. The third-order valence-corrected chi connectivity index (χ3v) is 4.13. The van der Waals surface area contributed by atoms with E-state index in [4.69, 9.17) is 17.3 Å². The van der Waals surface area contributed by atoms with E-state index in [1.165, 1.54) is 4.88 Å². The molecule has 0 amide bonds. The summed E-state index contributed by atoms with van der Waals surface area (Å²) in [5.74, 6) is 0.924. The van der Waals surface area contributed by atoms with Gasteiger partial charge in [0.15, 0.2) is 0 Å². The zero-order chi connectivity index (χ0) is 13.8. The maximum atomic E-state index is 6.06. The van der Waals surface area contributed by atoms with Crippen LogP contribution in [0.2, 0.25) is 5.02 Å². The molecule has 19 heavy (non-hydrogen) atoms. The van der Waals surface area contributed by atoms with E-state index in [9.17, 15) is 0 Å². The summed E-state index contributed by atoms with van der Waals surface area (Å²) >= 11 is 7.82. The van der Waals surface area contributed by atoms with Crippen LogP contribution in [-0.4, -0.2) is 11.0 Å². The summed E-state index contributed by atoms with van der Waals surface area (Å²) in [5.41, 5.74) is 6.41. The summed E-state index contributed by atoms with van der Waals surface area (Å²) in [5, 5.41) is 2.72. The molecule has 5 heteroatoms. The van der Waals surface area contributed by atoms with E-state index in [-0.39, 0.29) is 0 Å². The maximum absolute atomic E-state index is 6.06. The Morgan fingerprint density at radius 3 is 2.74 bits per heavy atom. The lowest BCUT2D eigenvalue weighted by Crippen LogP contribution is -2.30. The molecule has 2 heterocycles. The second-order valence-electron chi connectivity index (χ2n) is 4.60. The van der Waals surface area contributed by atoms with Gasteiger partial charge in [-0.2, -0.15) is 0 Å². The van der Waals surface area contributed by atoms with E-state index >= 15 is 0 Å². The highest BCUT2D eigenvalue weighted by molar-refractivity contribution is 7.09. The van der Waals surface area contributed by atoms with E-state index in [1.807, 2.05) is 12.1 Å². The van der Waals surface area contributed by atoms with Crippen LogP contribution in [0.3, 0.4) is 0 Å². The molecular formula is C14H18ClN3S. The summed E-state index contributed by atoms with van der Waals surface area (Å²) in [7, 11) is 0. The zero-order valence-electron chi connectivity index (χ0n) is 11.1. The Hall–Kier alpha value is -1.10. The molecule has 102 valence electrons. The van der Waals surface area contributed by atoms with Gasteiger partial charge >= 0.3 is 0 Å². The quantitative estimate of drug-likeness (QED) is 0.915. The molecule has 2 rings (SSSR count). The molecule has 2 N–H and O–H groups in total. The Bertz CT molecular complexity index is 525. The van der Waals surface area contributed by atoms with Gasteiger partial charge < -0.3 is 10.6 Å². The Morgan fingerprint density at radius 1 is 1.37 bits per heavy atom. The normalized spacial score (nSPS) is 11.0. The second kappa shape index (κ2) is 6.37. The van der Waals surface area contributed by atoms with Crippen LogP contribution < -0.4 is 10.6 Å². The maximum Gasteiger partial charge on any atom is 0.129 e. The zero-order valence-corrected chi connectivity index (χ0v) is 12.7. The van der Waals surface area contributed by atoms with Crippen molar-refractivity contribution in [1.82, 2.24) is 4.98 Å². The summed E-state index contributed by atoms with van der Waals surface area (Å²) in [6.07, 6.45) is 0. The van der Waals surface area contributed by atoms with E-state index in [2.05, 4.69) is 41.2 Å². The van der Waals surface area contributed by atoms with Crippen LogP contribution >= 0.6 is 22.9 Å². The molecule has 0 saturated carbocycles. The summed E-state index contributed by atoms with van der Waals surface area (Å²) < 4.78 is 0. The Balaban J connectivity index is 2.28. The van der Waals surface area contributed by atoms with Gasteiger partial charge in [0.1, 0.15) is 5.82 Å². The van der Waals surface area contributed by atoms with Gasteiger partial charge in [0, 0.05) is 17.5 Å². The standard InChI is InChI=1S/C14H18ClN3S/c1-10(2)18(9-11-4-3-7-19-11)14-6-5-12(15)13(8-16)17-14/h3-7,10H,8-9,16H2,1-2H3. The van der Waals surface area contributed by atoms with Crippen molar-refractivity contribution in [3.63, 3.8) is 0 Å². The highest BCUT2D eigenvalue weighted by Crippen LogP contribution is 2.23. The molecular weight excluding hydrogens is 278 g/mol. The third-order valence-electron chi connectivity index (χ3n) is 2.92. The first-order valence-corrected chi connectivity index (χ1v) is 7.52. The van der Waals surface area contributed by atoms with Gasteiger partial charge in [0.2, 0.25) is 0 Å². The minimum atomic E-state index is 0.359. The molecule has 0 aliphatic carbocycles. The average Bonchev–Trinajstić information content (AvgIpc) is 2.89. The summed E-state index contributed by atoms with van der Waals surface area (Å²) in [6, 6.07) is 8.39. The van der Waals surface area contributed by atoms with Gasteiger partial charge in [0.05, 0.1) is 17.3 Å². The summed E-state index contributed by atoms with van der Waals surface area (Å²) in [6.45, 7) is 5.53. The van der Waals surface area contributed by atoms with E-state index in [0.717, 1.165) is 18.1 Å². The van der Waals surface area contributed by atoms with E-state index in [1.54, 1.807) is 11.3 Å². The average molecular weight is 296 g/mol. The molecule has 0 aromatic carbocycles. The van der Waals surface area contributed by atoms with Gasteiger partial charge in [-0.1, -0.05) is 17.7 Å². The lowest BCUT2D eigenvalue weighted by Gasteiger charge is -2.28. The molecule has 0 saturated heterocycles. The van der Waals surface area contributed by atoms with Crippen LogP contribution in [0.15, 0.2) is 29.6 Å². The number of anilines is 1. The third kappa shape index (κ3) is 3.47. The van der Waals surface area contributed by atoms with Gasteiger partial charge in [0.25, 0.3) is 0 Å². The summed E-state index contributed by atoms with van der Waals surface area (Å²) in [4.78, 5) is 8.14. The van der Waals surface area contributed by atoms with Crippen LogP contribution in [0.25, 0.3) is 0 Å². The van der Waals surface area contributed by atoms with E-state index in [0.29, 0.717) is 17.6 Å². The van der Waals surface area contributed by atoms with Gasteiger partial charge in [-0.25, -0.2) is 4.98 Å². The van der Waals surface area contributed by atoms with Crippen LogP contribution in [-0.2, 0) is 13.1 Å². The van der Waals surface area contributed by atoms with Crippen LogP contribution in [0.5, 0.6) is 0 Å². The fraction of sp³-hybridized carbons (Fsp3) is 0.357. The lowest BCUT2D eigenvalue weighted by atomic mass is 10.2. The fourth-order valence-corrected chi connectivity index (χ4v) is 2.76. The minimum absolute atomic E-state index is 0.359. The molecule has 0 atom stereocenters. The second-order valence-corrected chi connectivity index (χ2v) is 6.04. The van der Waals surface area contributed by atoms with Gasteiger partial charge in [-0.15, -0.1) is 11.3 Å². The lowest BCUT2D eigenvalue weighted by molar-refractivity contribution is 0.674. The van der Waals surface area contributed by atoms with Crippen molar-refractivity contribution < 1.29 is 0 Å². The molecule has 0 aliphatic rings. The molecule has 2 aromatic rings. The minimum Gasteiger partial charge on any atom is -0.349 e. The first-order valence-electron chi connectivity index (χ1n) is 6.26. The largest absolute Gasteiger partial charge is 0.349 e. The molecule has 2 aromatic heterocycles. The molecule has 0 spiro atoms. The number of nitrogens with zero attached hydrogens (tertiary/aromatic N) is 2. The fourth-order valence-electron chi connectivity index (χ4n) is 1.87. The highest BCUT2D eigenvalue weighted by Gasteiger charge is 2.14. The topological polar surface area (TPSA) is 42.1 Å². The first kappa shape index (κ1) is 14.3. The van der Waals surface area contributed by atoms with Crippen LogP contribution in [0.1, 0.15) is 24.4 Å². The van der Waals surface area contributed by atoms with Crippen LogP contribution in [0, 0.1) is 0 Å². The van der Waals surface area contributed by atoms with Crippen molar-refractivity contribution in [1.29, 1.82) is 0 Å². The number of pyridine rings is 1. The molecule has 0 bridgehead atoms. The highest BCUT2D eigenvalue weighted by atomic mass is 35.5. The molecule has 0 unspecified atom stereocenters. The Morgan fingerprint density at radius 2 is 2.16 bits per heavy atom. The van der Waals surface area contributed by atoms with Crippen molar-refractivity contribution in [2.24, 2.45) is 5.73 Å². The molecule has 3 nitrogen and oxygen atoms in total. The number of nitrogens with two attached hydrogens (primary N) is 1. The van der Waals surface area contributed by atoms with Crippen molar-refractivity contribution >= 4 is 28.8 Å². The number of rotatable bonds is 5. The first-order chi connectivity index (χ1) is 9.11. The number of aromatic nitrogens is 1. The smallest absolute Gasteiger partial charge is 0.129 e. The monoisotopic (exact) mass is 295 g/mol. The molecule has 0 fully saturated rings. The number of thiophene rings is 1. The Labute approximate surface area is 123 Å².